The molecule has 0 aliphatic carbocycles. The van der Waals surface area contributed by atoms with Gasteiger partial charge in [-0.05, 0) is 6.92 Å². The lowest BCUT2D eigenvalue weighted by atomic mass is 9.94. The molecule has 1 aliphatic rings. The van der Waals surface area contributed by atoms with Gasteiger partial charge in [0, 0.05) is 5.92 Å². The zero-order chi connectivity index (χ0) is 8.65. The Labute approximate surface area is 65.4 Å². The Kier molecular flexibility index (Phi) is 2.20. The Morgan fingerprint density at radius 1 is 1.45 bits per heavy atom. The van der Waals surface area contributed by atoms with Crippen molar-refractivity contribution >= 4 is 0 Å². The predicted molar refractivity (Wildman–Crippen MR) is 37.8 cm³/mol. The molecule has 0 aromatic rings. The minimum atomic E-state index is -1.00. The zero-order valence-electron chi connectivity index (χ0n) is 6.69. The molecule has 4 nitrogen and oxygen atoms in total. The van der Waals surface area contributed by atoms with Crippen molar-refractivity contribution in [1.82, 2.24) is 0 Å². The fourth-order valence-corrected chi connectivity index (χ4v) is 1.30. The van der Waals surface area contributed by atoms with Crippen LogP contribution in [0.15, 0.2) is 0 Å². The molecule has 0 aromatic carbocycles. The van der Waals surface area contributed by atoms with E-state index in [2.05, 4.69) is 0 Å². The van der Waals surface area contributed by atoms with Crippen LogP contribution in [-0.4, -0.2) is 39.9 Å². The van der Waals surface area contributed by atoms with E-state index in [0.29, 0.717) is 0 Å². The van der Waals surface area contributed by atoms with Crippen molar-refractivity contribution in [1.29, 1.82) is 0 Å². The first-order chi connectivity index (χ1) is 5.01. The van der Waals surface area contributed by atoms with E-state index >= 15 is 0 Å². The van der Waals surface area contributed by atoms with Crippen LogP contribution in [0.3, 0.4) is 0 Å². The van der Waals surface area contributed by atoms with Gasteiger partial charge in [-0.25, -0.2) is 0 Å². The Balaban J connectivity index is 2.73. The van der Waals surface area contributed by atoms with Gasteiger partial charge in [0.1, 0.15) is 5.60 Å². The lowest BCUT2D eigenvalue weighted by molar-refractivity contribution is -0.161. The van der Waals surface area contributed by atoms with Gasteiger partial charge in [0.25, 0.3) is 0 Å². The van der Waals surface area contributed by atoms with Gasteiger partial charge in [-0.15, -0.1) is 0 Å². The fraction of sp³-hybridized carbons (Fsp3) is 1.00. The third-order valence-electron chi connectivity index (χ3n) is 2.28. The molecular weight excluding hydrogens is 148 g/mol. The second kappa shape index (κ2) is 2.71. The molecule has 4 atom stereocenters. The number of aliphatic hydroxyl groups is 3. The molecule has 0 radical (unpaired) electrons. The third-order valence-corrected chi connectivity index (χ3v) is 2.28. The van der Waals surface area contributed by atoms with Crippen LogP contribution >= 0.6 is 0 Å². The molecule has 4 heteroatoms. The molecule has 4 unspecified atom stereocenters. The van der Waals surface area contributed by atoms with Crippen molar-refractivity contribution in [2.75, 3.05) is 6.61 Å². The maximum atomic E-state index is 9.44. The molecular formula is C7H14O4. The molecule has 0 amide bonds. The maximum Gasteiger partial charge on any atom is 0.160 e. The molecule has 0 spiro atoms. The van der Waals surface area contributed by atoms with Crippen molar-refractivity contribution in [2.45, 2.75) is 31.8 Å². The Morgan fingerprint density at radius 2 is 2.00 bits per heavy atom. The van der Waals surface area contributed by atoms with Crippen molar-refractivity contribution in [3.8, 4) is 0 Å². The third kappa shape index (κ3) is 1.27. The lowest BCUT2D eigenvalue weighted by Gasteiger charge is -2.24. The quantitative estimate of drug-likeness (QED) is 0.466. The van der Waals surface area contributed by atoms with Crippen molar-refractivity contribution in [3.63, 3.8) is 0 Å². The van der Waals surface area contributed by atoms with Crippen LogP contribution in [0, 0.1) is 5.92 Å². The Morgan fingerprint density at radius 3 is 2.18 bits per heavy atom. The highest BCUT2D eigenvalue weighted by Crippen LogP contribution is 2.33. The summed E-state index contributed by atoms with van der Waals surface area (Å²) in [4.78, 5) is 0. The summed E-state index contributed by atoms with van der Waals surface area (Å²) in [6, 6.07) is 0. The topological polar surface area (TPSA) is 69.9 Å². The molecule has 0 aromatic heterocycles. The van der Waals surface area contributed by atoms with E-state index in [-0.39, 0.29) is 12.5 Å². The molecule has 1 aliphatic heterocycles. The van der Waals surface area contributed by atoms with Crippen LogP contribution in [-0.2, 0) is 4.74 Å². The molecule has 0 bridgehead atoms. The van der Waals surface area contributed by atoms with Crippen LogP contribution in [0.1, 0.15) is 13.8 Å². The molecule has 1 rings (SSSR count). The molecule has 3 N–H and O–H groups in total. The van der Waals surface area contributed by atoms with Gasteiger partial charge < -0.3 is 20.1 Å². The van der Waals surface area contributed by atoms with Gasteiger partial charge in [-0.2, -0.15) is 0 Å². The monoisotopic (exact) mass is 162 g/mol. The SMILES string of the molecule is CC1C(O)OC(C)(CO)C1O. The van der Waals surface area contributed by atoms with Gasteiger partial charge in [0.05, 0.1) is 12.7 Å². The number of aliphatic hydroxyl groups excluding tert-OH is 3. The van der Waals surface area contributed by atoms with Crippen LogP contribution < -0.4 is 0 Å². The summed E-state index contributed by atoms with van der Waals surface area (Å²) in [5, 5.41) is 27.4. The molecule has 1 fully saturated rings. The summed E-state index contributed by atoms with van der Waals surface area (Å²) >= 11 is 0. The second-order valence-electron chi connectivity index (χ2n) is 3.28. The summed E-state index contributed by atoms with van der Waals surface area (Å²) in [7, 11) is 0. The zero-order valence-corrected chi connectivity index (χ0v) is 6.69. The second-order valence-corrected chi connectivity index (χ2v) is 3.28. The minimum absolute atomic E-state index is 0.282. The van der Waals surface area contributed by atoms with Crippen LogP contribution in [0.4, 0.5) is 0 Å². The first-order valence-corrected chi connectivity index (χ1v) is 3.66. The summed E-state index contributed by atoms with van der Waals surface area (Å²) in [6.45, 7) is 2.97. The van der Waals surface area contributed by atoms with Gasteiger partial charge in [0.15, 0.2) is 6.29 Å². The average molecular weight is 162 g/mol. The fourth-order valence-electron chi connectivity index (χ4n) is 1.30. The summed E-state index contributed by atoms with van der Waals surface area (Å²) in [6.07, 6.45) is -1.77. The lowest BCUT2D eigenvalue weighted by Crippen LogP contribution is -2.41. The van der Waals surface area contributed by atoms with E-state index in [1.165, 1.54) is 0 Å². The number of ether oxygens (including phenoxy) is 1. The highest BCUT2D eigenvalue weighted by molar-refractivity contribution is 4.93. The van der Waals surface area contributed by atoms with Gasteiger partial charge in [-0.3, -0.25) is 0 Å². The smallest absolute Gasteiger partial charge is 0.160 e. The highest BCUT2D eigenvalue weighted by Gasteiger charge is 2.48. The van der Waals surface area contributed by atoms with E-state index < -0.39 is 18.0 Å². The standard InChI is InChI=1S/C7H14O4/c1-4-5(9)7(2,3-8)11-6(4)10/h4-6,8-10H,3H2,1-2H3. The maximum absolute atomic E-state index is 9.44. The first kappa shape index (κ1) is 8.93. The molecule has 1 heterocycles. The van der Waals surface area contributed by atoms with Gasteiger partial charge in [0.2, 0.25) is 0 Å². The Bertz CT molecular complexity index is 149. The van der Waals surface area contributed by atoms with Crippen molar-refractivity contribution in [2.24, 2.45) is 5.92 Å². The van der Waals surface area contributed by atoms with Gasteiger partial charge in [-0.1, -0.05) is 6.92 Å². The van der Waals surface area contributed by atoms with E-state index in [1.807, 2.05) is 0 Å². The largest absolute Gasteiger partial charge is 0.393 e. The normalized spacial score (nSPS) is 51.5. The predicted octanol–water partition coefficient (Wildman–Crippen LogP) is -0.917. The van der Waals surface area contributed by atoms with Crippen molar-refractivity contribution in [3.05, 3.63) is 0 Å². The summed E-state index contributed by atoms with van der Waals surface area (Å²) < 4.78 is 4.98. The molecule has 1 saturated heterocycles. The Hall–Kier alpha value is -0.160. The van der Waals surface area contributed by atoms with E-state index in [0.717, 1.165) is 0 Å². The van der Waals surface area contributed by atoms with Crippen LogP contribution in [0.2, 0.25) is 0 Å². The van der Waals surface area contributed by atoms with Crippen LogP contribution in [0.25, 0.3) is 0 Å². The highest BCUT2D eigenvalue weighted by atomic mass is 16.6. The molecule has 11 heavy (non-hydrogen) atoms. The molecule has 0 saturated carbocycles. The molecule has 66 valence electrons. The van der Waals surface area contributed by atoms with Crippen molar-refractivity contribution < 1.29 is 20.1 Å². The van der Waals surface area contributed by atoms with Crippen LogP contribution in [0.5, 0.6) is 0 Å². The number of rotatable bonds is 1. The van der Waals surface area contributed by atoms with E-state index in [1.54, 1.807) is 13.8 Å². The first-order valence-electron chi connectivity index (χ1n) is 3.66. The minimum Gasteiger partial charge on any atom is -0.393 e. The summed E-state index contributed by atoms with van der Waals surface area (Å²) in [5.74, 6) is -0.341. The average Bonchev–Trinajstić information content (AvgIpc) is 2.17. The van der Waals surface area contributed by atoms with E-state index in [4.69, 9.17) is 14.9 Å². The summed E-state index contributed by atoms with van der Waals surface area (Å²) in [5.41, 5.74) is -1.00. The number of hydrogen-bond donors (Lipinski definition) is 3. The number of hydrogen-bond acceptors (Lipinski definition) is 4. The van der Waals surface area contributed by atoms with E-state index in [9.17, 15) is 5.11 Å². The van der Waals surface area contributed by atoms with Gasteiger partial charge >= 0.3 is 0 Å².